The monoisotopic (exact) mass is 272 g/mol. The minimum absolute atomic E-state index is 0.366. The average molecular weight is 272 g/mol. The van der Waals surface area contributed by atoms with E-state index in [9.17, 15) is 5.26 Å². The fraction of sp³-hybridized carbons (Fsp3) is 0.118. The molecule has 21 heavy (non-hydrogen) atoms. The van der Waals surface area contributed by atoms with Crippen LogP contribution in [0.3, 0.4) is 0 Å². The van der Waals surface area contributed by atoms with Crippen molar-refractivity contribution in [1.82, 2.24) is 9.55 Å². The second-order valence-electron chi connectivity index (χ2n) is 4.66. The Balaban J connectivity index is 2.39. The predicted octanol–water partition coefficient (Wildman–Crippen LogP) is 3.33. The molecule has 0 fully saturated rings. The maximum atomic E-state index is 9.20. The number of aromatic nitrogens is 2. The van der Waals surface area contributed by atoms with Gasteiger partial charge in [-0.15, -0.1) is 0 Å². The summed E-state index contributed by atoms with van der Waals surface area (Å²) in [4.78, 5) is 4.59. The van der Waals surface area contributed by atoms with Crippen molar-refractivity contribution in [2.45, 2.75) is 13.3 Å². The van der Waals surface area contributed by atoms with Crippen LogP contribution in [-0.2, 0) is 6.42 Å². The molecule has 100 valence electrons. The largest absolute Gasteiger partial charge is 0.296 e. The molecule has 0 saturated carbocycles. The Bertz CT molecular complexity index is 892. The van der Waals surface area contributed by atoms with Crippen molar-refractivity contribution in [1.29, 1.82) is 10.5 Å². The fourth-order valence-corrected chi connectivity index (χ4v) is 2.46. The number of hydrogen-bond donors (Lipinski definition) is 0. The maximum Gasteiger partial charge on any atom is 0.114 e. The van der Waals surface area contributed by atoms with Crippen LogP contribution in [0.15, 0.2) is 42.5 Å². The third kappa shape index (κ3) is 2.04. The molecule has 0 aliphatic heterocycles. The van der Waals surface area contributed by atoms with Gasteiger partial charge in [-0.25, -0.2) is 4.98 Å². The number of fused-ring (bicyclic) bond motifs is 1. The molecule has 4 nitrogen and oxygen atoms in total. The van der Waals surface area contributed by atoms with E-state index >= 15 is 0 Å². The van der Waals surface area contributed by atoms with Crippen molar-refractivity contribution < 1.29 is 0 Å². The quantitative estimate of drug-likeness (QED) is 0.718. The summed E-state index contributed by atoms with van der Waals surface area (Å²) < 4.78 is 2.04. The Morgan fingerprint density at radius 3 is 2.33 bits per heavy atom. The Labute approximate surface area is 122 Å². The molecule has 0 unspecified atom stereocenters. The zero-order chi connectivity index (χ0) is 14.8. The standard InChI is InChI=1S/C17H12N4/c1-2-17-20-15-8-12(10-18)13(11-19)9-16(15)21(17)14-6-4-3-5-7-14/h3-9H,2H2,1H3. The van der Waals surface area contributed by atoms with E-state index in [0.29, 0.717) is 11.1 Å². The molecular weight excluding hydrogens is 260 g/mol. The molecule has 0 spiro atoms. The van der Waals surface area contributed by atoms with E-state index in [0.717, 1.165) is 29.0 Å². The van der Waals surface area contributed by atoms with Crippen LogP contribution in [0.1, 0.15) is 23.9 Å². The van der Waals surface area contributed by atoms with Crippen LogP contribution >= 0.6 is 0 Å². The van der Waals surface area contributed by atoms with Gasteiger partial charge in [-0.1, -0.05) is 25.1 Å². The lowest BCUT2D eigenvalue weighted by Crippen LogP contribution is -1.99. The Morgan fingerprint density at radius 1 is 1.05 bits per heavy atom. The van der Waals surface area contributed by atoms with E-state index in [4.69, 9.17) is 5.26 Å². The van der Waals surface area contributed by atoms with Crippen molar-refractivity contribution >= 4 is 11.0 Å². The average Bonchev–Trinajstić information content (AvgIpc) is 2.91. The molecule has 4 heteroatoms. The summed E-state index contributed by atoms with van der Waals surface area (Å²) in [5, 5.41) is 18.3. The molecule has 0 saturated heterocycles. The summed E-state index contributed by atoms with van der Waals surface area (Å²) >= 11 is 0. The van der Waals surface area contributed by atoms with Gasteiger partial charge in [-0.05, 0) is 24.3 Å². The minimum atomic E-state index is 0.366. The lowest BCUT2D eigenvalue weighted by atomic mass is 10.1. The van der Waals surface area contributed by atoms with Gasteiger partial charge in [0.25, 0.3) is 0 Å². The Morgan fingerprint density at radius 2 is 1.71 bits per heavy atom. The zero-order valence-corrected chi connectivity index (χ0v) is 11.5. The van der Waals surface area contributed by atoms with Crippen molar-refractivity contribution in [2.24, 2.45) is 0 Å². The number of para-hydroxylation sites is 1. The Hall–Kier alpha value is -3.11. The second-order valence-corrected chi connectivity index (χ2v) is 4.66. The number of hydrogen-bond acceptors (Lipinski definition) is 3. The number of benzene rings is 2. The van der Waals surface area contributed by atoms with E-state index in [1.54, 1.807) is 12.1 Å². The number of imidazole rings is 1. The number of aryl methyl sites for hydroxylation is 1. The molecule has 0 atom stereocenters. The molecule has 3 rings (SSSR count). The molecule has 0 amide bonds. The zero-order valence-electron chi connectivity index (χ0n) is 11.5. The van der Waals surface area contributed by atoms with Crippen LogP contribution < -0.4 is 0 Å². The summed E-state index contributed by atoms with van der Waals surface area (Å²) in [6.07, 6.45) is 0.771. The molecule has 1 aromatic heterocycles. The van der Waals surface area contributed by atoms with Gasteiger partial charge >= 0.3 is 0 Å². The first-order chi connectivity index (χ1) is 10.3. The molecular formula is C17H12N4. The van der Waals surface area contributed by atoms with Crippen LogP contribution in [-0.4, -0.2) is 9.55 Å². The maximum absolute atomic E-state index is 9.20. The van der Waals surface area contributed by atoms with E-state index < -0.39 is 0 Å². The fourth-order valence-electron chi connectivity index (χ4n) is 2.46. The van der Waals surface area contributed by atoms with E-state index in [2.05, 4.69) is 17.1 Å². The first-order valence-electron chi connectivity index (χ1n) is 6.69. The molecule has 2 aromatic carbocycles. The smallest absolute Gasteiger partial charge is 0.114 e. The highest BCUT2D eigenvalue weighted by molar-refractivity contribution is 5.82. The summed E-state index contributed by atoms with van der Waals surface area (Å²) in [5.41, 5.74) is 3.35. The molecule has 0 radical (unpaired) electrons. The number of nitriles is 2. The lowest BCUT2D eigenvalue weighted by Gasteiger charge is -2.08. The molecule has 0 N–H and O–H groups in total. The van der Waals surface area contributed by atoms with Gasteiger partial charge in [0.05, 0.1) is 22.2 Å². The molecule has 1 heterocycles. The summed E-state index contributed by atoms with van der Waals surface area (Å²) in [6.45, 7) is 2.04. The number of nitrogens with zero attached hydrogens (tertiary/aromatic N) is 4. The van der Waals surface area contributed by atoms with Gasteiger partial charge in [0.1, 0.15) is 18.0 Å². The van der Waals surface area contributed by atoms with Crippen molar-refractivity contribution in [3.63, 3.8) is 0 Å². The normalized spacial score (nSPS) is 10.2. The van der Waals surface area contributed by atoms with Crippen LogP contribution in [0, 0.1) is 22.7 Å². The Kier molecular flexibility index (Phi) is 3.14. The van der Waals surface area contributed by atoms with Crippen LogP contribution in [0.5, 0.6) is 0 Å². The van der Waals surface area contributed by atoms with Gasteiger partial charge in [0.15, 0.2) is 0 Å². The molecule has 0 aliphatic carbocycles. The van der Waals surface area contributed by atoms with Crippen molar-refractivity contribution in [3.05, 3.63) is 59.4 Å². The van der Waals surface area contributed by atoms with E-state index in [-0.39, 0.29) is 0 Å². The summed E-state index contributed by atoms with van der Waals surface area (Å²) in [6, 6.07) is 17.5. The van der Waals surface area contributed by atoms with Crippen LogP contribution in [0.4, 0.5) is 0 Å². The topological polar surface area (TPSA) is 65.4 Å². The third-order valence-electron chi connectivity index (χ3n) is 3.43. The minimum Gasteiger partial charge on any atom is -0.296 e. The third-order valence-corrected chi connectivity index (χ3v) is 3.43. The summed E-state index contributed by atoms with van der Waals surface area (Å²) in [7, 11) is 0. The lowest BCUT2D eigenvalue weighted by molar-refractivity contribution is 0.908. The first-order valence-corrected chi connectivity index (χ1v) is 6.69. The second kappa shape index (κ2) is 5.11. The van der Waals surface area contributed by atoms with Crippen molar-refractivity contribution in [3.8, 4) is 17.8 Å². The van der Waals surface area contributed by atoms with Gasteiger partial charge in [0, 0.05) is 12.1 Å². The van der Waals surface area contributed by atoms with Gasteiger partial charge in [-0.2, -0.15) is 10.5 Å². The van der Waals surface area contributed by atoms with E-state index in [1.807, 2.05) is 41.8 Å². The van der Waals surface area contributed by atoms with Gasteiger partial charge in [0.2, 0.25) is 0 Å². The highest BCUT2D eigenvalue weighted by atomic mass is 15.1. The summed E-state index contributed by atoms with van der Waals surface area (Å²) in [5.74, 6) is 0.912. The van der Waals surface area contributed by atoms with Crippen LogP contribution in [0.25, 0.3) is 16.7 Å². The molecule has 0 aliphatic rings. The molecule has 3 aromatic rings. The SMILES string of the molecule is CCc1nc2cc(C#N)c(C#N)cc2n1-c1ccccc1. The molecule has 0 bridgehead atoms. The first kappa shape index (κ1) is 12.9. The highest BCUT2D eigenvalue weighted by Crippen LogP contribution is 2.24. The van der Waals surface area contributed by atoms with Gasteiger partial charge in [-0.3, -0.25) is 4.57 Å². The highest BCUT2D eigenvalue weighted by Gasteiger charge is 2.14. The van der Waals surface area contributed by atoms with Crippen LogP contribution in [0.2, 0.25) is 0 Å². The van der Waals surface area contributed by atoms with E-state index in [1.165, 1.54) is 0 Å². The van der Waals surface area contributed by atoms with Gasteiger partial charge < -0.3 is 0 Å². The number of rotatable bonds is 2. The van der Waals surface area contributed by atoms with Crippen molar-refractivity contribution in [2.75, 3.05) is 0 Å². The predicted molar refractivity (Wildman–Crippen MR) is 79.9 cm³/mol.